The first kappa shape index (κ1) is 15.0. The van der Waals surface area contributed by atoms with Crippen molar-refractivity contribution in [3.05, 3.63) is 35.4 Å². The van der Waals surface area contributed by atoms with Crippen LogP contribution in [0.15, 0.2) is 24.3 Å². The van der Waals surface area contributed by atoms with Crippen molar-refractivity contribution >= 4 is 10.0 Å². The molecule has 5 nitrogen and oxygen atoms in total. The Morgan fingerprint density at radius 2 is 2.20 bits per heavy atom. The Hall–Kier alpha value is -1.42. The number of benzene rings is 1. The molecule has 0 aliphatic carbocycles. The molecule has 0 radical (unpaired) electrons. The number of hydrogen-bond acceptors (Lipinski definition) is 4. The van der Waals surface area contributed by atoms with Gasteiger partial charge in [-0.2, -0.15) is 9.57 Å². The molecule has 0 amide bonds. The summed E-state index contributed by atoms with van der Waals surface area (Å²) < 4.78 is 26.6. The maximum atomic E-state index is 12.5. The van der Waals surface area contributed by atoms with Gasteiger partial charge in [-0.3, -0.25) is 0 Å². The van der Waals surface area contributed by atoms with Crippen molar-refractivity contribution in [1.82, 2.24) is 9.62 Å². The SMILES string of the molecule is CC1NCCN(S(=O)(=O)Cc2cccc(C#N)c2)C1C. The number of sulfonamides is 1. The van der Waals surface area contributed by atoms with Crippen LogP contribution in [0.5, 0.6) is 0 Å². The van der Waals surface area contributed by atoms with E-state index in [-0.39, 0.29) is 17.8 Å². The standard InChI is InChI=1S/C14H19N3O2S/c1-11-12(2)17(7-6-16-11)20(18,19)10-14-5-3-4-13(8-14)9-15/h3-5,8,11-12,16H,6-7,10H2,1-2H3. The van der Waals surface area contributed by atoms with Crippen LogP contribution in [-0.2, 0) is 15.8 Å². The zero-order valence-corrected chi connectivity index (χ0v) is 12.5. The molecule has 1 heterocycles. The molecule has 1 fully saturated rings. The molecular formula is C14H19N3O2S. The van der Waals surface area contributed by atoms with Crippen LogP contribution in [-0.4, -0.2) is 37.9 Å². The minimum absolute atomic E-state index is 0.0560. The highest BCUT2D eigenvalue weighted by atomic mass is 32.2. The van der Waals surface area contributed by atoms with E-state index in [1.54, 1.807) is 28.6 Å². The lowest BCUT2D eigenvalue weighted by molar-refractivity contribution is 0.232. The largest absolute Gasteiger partial charge is 0.311 e. The molecule has 0 saturated carbocycles. The maximum absolute atomic E-state index is 12.5. The Bertz CT molecular complexity index is 622. The van der Waals surface area contributed by atoms with Crippen LogP contribution in [0.4, 0.5) is 0 Å². The fourth-order valence-electron chi connectivity index (χ4n) is 2.44. The summed E-state index contributed by atoms with van der Waals surface area (Å²) in [6.45, 7) is 5.07. The monoisotopic (exact) mass is 293 g/mol. The smallest absolute Gasteiger partial charge is 0.218 e. The molecule has 0 bridgehead atoms. The van der Waals surface area contributed by atoms with Gasteiger partial charge in [0.25, 0.3) is 0 Å². The highest BCUT2D eigenvalue weighted by Gasteiger charge is 2.33. The summed E-state index contributed by atoms with van der Waals surface area (Å²) in [4.78, 5) is 0. The molecule has 1 N–H and O–H groups in total. The van der Waals surface area contributed by atoms with Crippen LogP contribution in [0.2, 0.25) is 0 Å². The number of piperazine rings is 1. The van der Waals surface area contributed by atoms with Gasteiger partial charge < -0.3 is 5.32 Å². The molecule has 20 heavy (non-hydrogen) atoms. The highest BCUT2D eigenvalue weighted by molar-refractivity contribution is 7.88. The molecule has 0 spiro atoms. The van der Waals surface area contributed by atoms with Crippen molar-refractivity contribution in [2.75, 3.05) is 13.1 Å². The predicted octanol–water partition coefficient (Wildman–Crippen LogP) is 1.07. The average molecular weight is 293 g/mol. The van der Waals surface area contributed by atoms with E-state index in [0.717, 1.165) is 0 Å². The Morgan fingerprint density at radius 3 is 2.90 bits per heavy atom. The average Bonchev–Trinajstić information content (AvgIpc) is 2.41. The molecular weight excluding hydrogens is 274 g/mol. The predicted molar refractivity (Wildman–Crippen MR) is 77.4 cm³/mol. The number of hydrogen-bond donors (Lipinski definition) is 1. The zero-order valence-electron chi connectivity index (χ0n) is 11.7. The number of nitriles is 1. The molecule has 0 aromatic heterocycles. The van der Waals surface area contributed by atoms with Gasteiger partial charge in [-0.05, 0) is 31.5 Å². The molecule has 2 rings (SSSR count). The quantitative estimate of drug-likeness (QED) is 0.905. The van der Waals surface area contributed by atoms with Gasteiger partial charge in [0, 0.05) is 25.2 Å². The first-order chi connectivity index (χ1) is 9.44. The van der Waals surface area contributed by atoms with Gasteiger partial charge >= 0.3 is 0 Å². The van der Waals surface area contributed by atoms with Crippen molar-refractivity contribution in [3.63, 3.8) is 0 Å². The van der Waals surface area contributed by atoms with Crippen molar-refractivity contribution in [2.24, 2.45) is 0 Å². The molecule has 1 aromatic carbocycles. The van der Waals surface area contributed by atoms with E-state index in [1.807, 2.05) is 19.9 Å². The van der Waals surface area contributed by atoms with Crippen LogP contribution in [0.25, 0.3) is 0 Å². The van der Waals surface area contributed by atoms with Crippen LogP contribution < -0.4 is 5.32 Å². The second-order valence-corrected chi connectivity index (χ2v) is 7.08. The van der Waals surface area contributed by atoms with Crippen LogP contribution >= 0.6 is 0 Å². The minimum Gasteiger partial charge on any atom is -0.311 e. The van der Waals surface area contributed by atoms with Gasteiger partial charge in [0.1, 0.15) is 0 Å². The van der Waals surface area contributed by atoms with Crippen molar-refractivity contribution < 1.29 is 8.42 Å². The van der Waals surface area contributed by atoms with Crippen molar-refractivity contribution in [2.45, 2.75) is 31.7 Å². The van der Waals surface area contributed by atoms with Gasteiger partial charge in [-0.1, -0.05) is 12.1 Å². The van der Waals surface area contributed by atoms with E-state index < -0.39 is 10.0 Å². The number of nitrogens with zero attached hydrogens (tertiary/aromatic N) is 2. The van der Waals surface area contributed by atoms with Gasteiger partial charge in [-0.25, -0.2) is 8.42 Å². The summed E-state index contributed by atoms with van der Waals surface area (Å²) in [6, 6.07) is 8.88. The molecule has 1 aliphatic rings. The molecule has 6 heteroatoms. The van der Waals surface area contributed by atoms with Gasteiger partial charge in [0.15, 0.2) is 0 Å². The minimum atomic E-state index is -3.36. The van der Waals surface area contributed by atoms with Crippen molar-refractivity contribution in [3.8, 4) is 6.07 Å². The second-order valence-electron chi connectivity index (χ2n) is 5.16. The summed E-state index contributed by atoms with van der Waals surface area (Å²) >= 11 is 0. The fraction of sp³-hybridized carbons (Fsp3) is 0.500. The first-order valence-electron chi connectivity index (χ1n) is 6.66. The van der Waals surface area contributed by atoms with Crippen LogP contribution in [0.1, 0.15) is 25.0 Å². The molecule has 1 saturated heterocycles. The zero-order chi connectivity index (χ0) is 14.8. The summed E-state index contributed by atoms with van der Waals surface area (Å²) in [5.41, 5.74) is 1.14. The normalized spacial score (nSPS) is 24.2. The van der Waals surface area contributed by atoms with E-state index in [0.29, 0.717) is 24.2 Å². The molecule has 2 atom stereocenters. The fourth-order valence-corrected chi connectivity index (χ4v) is 4.27. The maximum Gasteiger partial charge on any atom is 0.218 e. The lowest BCUT2D eigenvalue weighted by atomic mass is 10.1. The summed E-state index contributed by atoms with van der Waals surface area (Å²) in [5, 5.41) is 12.1. The van der Waals surface area contributed by atoms with E-state index in [4.69, 9.17) is 5.26 Å². The van der Waals surface area contributed by atoms with E-state index in [9.17, 15) is 8.42 Å². The lowest BCUT2D eigenvalue weighted by Gasteiger charge is -2.37. The summed E-state index contributed by atoms with van der Waals surface area (Å²) in [5.74, 6) is -0.0560. The van der Waals surface area contributed by atoms with Gasteiger partial charge in [0.2, 0.25) is 10.0 Å². The Labute approximate surface area is 120 Å². The highest BCUT2D eigenvalue weighted by Crippen LogP contribution is 2.18. The molecule has 2 unspecified atom stereocenters. The topological polar surface area (TPSA) is 73.2 Å². The summed E-state index contributed by atoms with van der Waals surface area (Å²) in [7, 11) is -3.36. The van der Waals surface area contributed by atoms with Gasteiger partial charge in [-0.15, -0.1) is 0 Å². The van der Waals surface area contributed by atoms with Crippen LogP contribution in [0, 0.1) is 11.3 Å². The number of nitrogens with one attached hydrogen (secondary N) is 1. The van der Waals surface area contributed by atoms with E-state index >= 15 is 0 Å². The Balaban J connectivity index is 2.20. The molecule has 1 aliphatic heterocycles. The Kier molecular flexibility index (Phi) is 4.43. The Morgan fingerprint density at radius 1 is 1.45 bits per heavy atom. The summed E-state index contributed by atoms with van der Waals surface area (Å²) in [6.07, 6.45) is 0. The number of rotatable bonds is 3. The third-order valence-corrected chi connectivity index (χ3v) is 5.67. The van der Waals surface area contributed by atoms with E-state index in [1.165, 1.54) is 0 Å². The van der Waals surface area contributed by atoms with Crippen LogP contribution in [0.3, 0.4) is 0 Å². The third-order valence-electron chi connectivity index (χ3n) is 3.74. The first-order valence-corrected chi connectivity index (χ1v) is 8.27. The molecule has 108 valence electrons. The third kappa shape index (κ3) is 3.18. The second kappa shape index (κ2) is 5.92. The van der Waals surface area contributed by atoms with Crippen molar-refractivity contribution in [1.29, 1.82) is 5.26 Å². The van der Waals surface area contributed by atoms with E-state index in [2.05, 4.69) is 5.32 Å². The molecule has 1 aromatic rings. The lowest BCUT2D eigenvalue weighted by Crippen LogP contribution is -2.57. The van der Waals surface area contributed by atoms with Gasteiger partial charge in [0.05, 0.1) is 17.4 Å².